The molecule has 9 nitrogen and oxygen atoms in total. The van der Waals surface area contributed by atoms with Crippen LogP contribution in [0.25, 0.3) is 0 Å². The SMILES string of the molecule is CCCCCCCCCCC/C=C/C(OC(=O)CCCCCCCCCCCCCCC)C(COP(=O)(O)OCC[N+](C)(C)C)NC(=O)CCCCCCCCCCCCCCCCCCCCCCC. The van der Waals surface area contributed by atoms with Gasteiger partial charge in [-0.25, -0.2) is 4.57 Å². The average molecular weight is 1030 g/mol. The van der Waals surface area contributed by atoms with Gasteiger partial charge in [0.1, 0.15) is 19.3 Å². The second kappa shape index (κ2) is 52.2. The predicted molar refractivity (Wildman–Crippen MR) is 305 cm³/mol. The first-order valence-electron chi connectivity index (χ1n) is 31.0. The minimum atomic E-state index is -4.44. The quantitative estimate of drug-likeness (QED) is 0.0205. The molecule has 422 valence electrons. The van der Waals surface area contributed by atoms with Crippen molar-refractivity contribution in [1.29, 1.82) is 0 Å². The Morgan fingerprint density at radius 2 is 0.803 bits per heavy atom. The lowest BCUT2D eigenvalue weighted by Gasteiger charge is -2.27. The third-order valence-electron chi connectivity index (χ3n) is 14.2. The van der Waals surface area contributed by atoms with Crippen LogP contribution in [0.5, 0.6) is 0 Å². The number of amides is 1. The Kier molecular flexibility index (Phi) is 51.3. The van der Waals surface area contributed by atoms with Crippen LogP contribution in [0, 0.1) is 0 Å². The summed E-state index contributed by atoms with van der Waals surface area (Å²) in [5.41, 5.74) is 0. The van der Waals surface area contributed by atoms with Crippen LogP contribution in [0.4, 0.5) is 0 Å². The first-order valence-corrected chi connectivity index (χ1v) is 32.5. The molecule has 71 heavy (non-hydrogen) atoms. The summed E-state index contributed by atoms with van der Waals surface area (Å²) in [6, 6.07) is -0.838. The van der Waals surface area contributed by atoms with Gasteiger partial charge in [-0.2, -0.15) is 0 Å². The summed E-state index contributed by atoms with van der Waals surface area (Å²) in [5.74, 6) is -0.485. The number of rotatable bonds is 57. The number of nitrogens with zero attached hydrogens (tertiary/aromatic N) is 1. The van der Waals surface area contributed by atoms with Crippen molar-refractivity contribution in [2.24, 2.45) is 0 Å². The van der Waals surface area contributed by atoms with E-state index in [0.29, 0.717) is 23.9 Å². The van der Waals surface area contributed by atoms with E-state index in [1.807, 2.05) is 33.3 Å². The number of hydrogen-bond donors (Lipinski definition) is 2. The maximum atomic E-state index is 13.5. The van der Waals surface area contributed by atoms with E-state index in [1.165, 1.54) is 225 Å². The molecule has 0 saturated heterocycles. The zero-order valence-corrected chi connectivity index (χ0v) is 49.1. The number of ether oxygens (including phenoxy) is 1. The average Bonchev–Trinajstić information content (AvgIpc) is 3.33. The minimum absolute atomic E-state index is 0.0456. The van der Waals surface area contributed by atoms with Crippen LogP contribution < -0.4 is 5.32 Å². The van der Waals surface area contributed by atoms with Gasteiger partial charge in [-0.3, -0.25) is 18.6 Å². The summed E-state index contributed by atoms with van der Waals surface area (Å²) >= 11 is 0. The van der Waals surface area contributed by atoms with Crippen LogP contribution in [-0.4, -0.2) is 74.3 Å². The topological polar surface area (TPSA) is 111 Å². The van der Waals surface area contributed by atoms with E-state index < -0.39 is 20.0 Å². The summed E-state index contributed by atoms with van der Waals surface area (Å²) in [6.07, 6.45) is 59.2. The van der Waals surface area contributed by atoms with Gasteiger partial charge in [-0.15, -0.1) is 0 Å². The van der Waals surface area contributed by atoms with Gasteiger partial charge < -0.3 is 19.4 Å². The third kappa shape index (κ3) is 53.4. The van der Waals surface area contributed by atoms with E-state index in [9.17, 15) is 19.0 Å². The van der Waals surface area contributed by atoms with Gasteiger partial charge in [-0.05, 0) is 31.8 Å². The summed E-state index contributed by atoms with van der Waals surface area (Å²) in [7, 11) is 1.52. The number of carbonyl (C=O) groups excluding carboxylic acids is 2. The van der Waals surface area contributed by atoms with Crippen molar-refractivity contribution >= 4 is 19.7 Å². The summed E-state index contributed by atoms with van der Waals surface area (Å²) in [4.78, 5) is 37.6. The van der Waals surface area contributed by atoms with Gasteiger partial charge in [0.15, 0.2) is 0 Å². The van der Waals surface area contributed by atoms with Crippen LogP contribution in [0.3, 0.4) is 0 Å². The zero-order valence-electron chi connectivity index (χ0n) is 48.2. The number of phosphoric ester groups is 1. The standard InChI is InChI=1S/C61H121N2O7P/c1-7-10-13-16-19-22-25-27-28-29-30-31-32-33-34-36-38-41-44-47-50-53-60(64)62-58(57-69-71(66,67)68-56-55-63(4,5)6)59(52-49-46-43-40-37-24-21-18-15-12-9-3)70-61(65)54-51-48-45-42-39-35-26-23-20-17-14-11-8-2/h49,52,58-59H,7-48,50-51,53-57H2,1-6H3,(H-,62,64,66,67)/p+1/b52-49+. The maximum absolute atomic E-state index is 13.5. The van der Waals surface area contributed by atoms with E-state index in [1.54, 1.807) is 0 Å². The Bertz CT molecular complexity index is 1230. The predicted octanol–water partition coefficient (Wildman–Crippen LogP) is 18.8. The Labute approximate surface area is 441 Å². The second-order valence-electron chi connectivity index (χ2n) is 22.6. The summed E-state index contributed by atoms with van der Waals surface area (Å²) in [5, 5.41) is 3.06. The lowest BCUT2D eigenvalue weighted by molar-refractivity contribution is -0.870. The lowest BCUT2D eigenvalue weighted by Crippen LogP contribution is -2.47. The molecule has 0 spiro atoms. The molecule has 10 heteroatoms. The van der Waals surface area contributed by atoms with Gasteiger partial charge in [-0.1, -0.05) is 284 Å². The number of quaternary nitrogens is 1. The number of unbranched alkanes of at least 4 members (excludes halogenated alkanes) is 41. The van der Waals surface area contributed by atoms with Gasteiger partial charge in [0, 0.05) is 12.8 Å². The molecule has 0 aromatic rings. The molecule has 0 aliphatic carbocycles. The summed E-state index contributed by atoms with van der Waals surface area (Å²) < 4.78 is 30.7. The van der Waals surface area contributed by atoms with Crippen LogP contribution in [0.2, 0.25) is 0 Å². The van der Waals surface area contributed by atoms with Gasteiger partial charge >= 0.3 is 13.8 Å². The van der Waals surface area contributed by atoms with Crippen LogP contribution >= 0.6 is 7.82 Å². The Morgan fingerprint density at radius 3 is 1.15 bits per heavy atom. The van der Waals surface area contributed by atoms with Crippen molar-refractivity contribution in [3.63, 3.8) is 0 Å². The molecule has 1 amide bonds. The van der Waals surface area contributed by atoms with E-state index in [-0.39, 0.29) is 25.1 Å². The highest BCUT2D eigenvalue weighted by Gasteiger charge is 2.30. The number of hydrogen-bond acceptors (Lipinski definition) is 6. The number of allylic oxidation sites excluding steroid dienone is 1. The van der Waals surface area contributed by atoms with Gasteiger partial charge in [0.2, 0.25) is 5.91 Å². The van der Waals surface area contributed by atoms with E-state index in [4.69, 9.17) is 13.8 Å². The second-order valence-corrected chi connectivity index (χ2v) is 24.1. The molecule has 3 unspecified atom stereocenters. The number of nitrogens with one attached hydrogen (secondary N) is 1. The van der Waals surface area contributed by atoms with Gasteiger partial charge in [0.05, 0.1) is 33.8 Å². The molecule has 0 aliphatic rings. The molecule has 0 rings (SSSR count). The molecule has 0 aromatic carbocycles. The molecule has 3 atom stereocenters. The first kappa shape index (κ1) is 69.8. The number of carbonyl (C=O) groups is 2. The van der Waals surface area contributed by atoms with Crippen molar-refractivity contribution in [3.05, 3.63) is 12.2 Å². The molecule has 0 radical (unpaired) electrons. The molecule has 2 N–H and O–H groups in total. The zero-order chi connectivity index (χ0) is 52.2. The van der Waals surface area contributed by atoms with E-state index in [2.05, 4.69) is 26.1 Å². The molecule has 0 aliphatic heterocycles. The first-order chi connectivity index (χ1) is 34.4. The van der Waals surface area contributed by atoms with Crippen LogP contribution in [0.1, 0.15) is 316 Å². The smallest absolute Gasteiger partial charge is 0.456 e. The van der Waals surface area contributed by atoms with E-state index in [0.717, 1.165) is 57.8 Å². The minimum Gasteiger partial charge on any atom is -0.456 e. The lowest BCUT2D eigenvalue weighted by atomic mass is 10.0. The highest BCUT2D eigenvalue weighted by molar-refractivity contribution is 7.47. The fraction of sp³-hybridized carbons (Fsp3) is 0.934. The van der Waals surface area contributed by atoms with Crippen molar-refractivity contribution in [3.8, 4) is 0 Å². The fourth-order valence-electron chi connectivity index (χ4n) is 9.41. The highest BCUT2D eigenvalue weighted by Crippen LogP contribution is 2.43. The Morgan fingerprint density at radius 1 is 0.479 bits per heavy atom. The highest BCUT2D eigenvalue weighted by atomic mass is 31.2. The molecular formula is C61H122N2O7P+. The van der Waals surface area contributed by atoms with Crippen LogP contribution in [0.15, 0.2) is 12.2 Å². The molecular weight excluding hydrogens is 904 g/mol. The van der Waals surface area contributed by atoms with Crippen molar-refractivity contribution in [2.45, 2.75) is 328 Å². The van der Waals surface area contributed by atoms with Gasteiger partial charge in [0.25, 0.3) is 0 Å². The monoisotopic (exact) mass is 1030 g/mol. The van der Waals surface area contributed by atoms with Crippen molar-refractivity contribution in [1.82, 2.24) is 5.32 Å². The van der Waals surface area contributed by atoms with Crippen molar-refractivity contribution < 1.29 is 37.3 Å². The number of phosphoric acid groups is 1. The molecule has 0 fully saturated rings. The molecule has 0 heterocycles. The fourth-order valence-corrected chi connectivity index (χ4v) is 10.1. The normalized spacial score (nSPS) is 13.7. The third-order valence-corrected chi connectivity index (χ3v) is 15.2. The van der Waals surface area contributed by atoms with E-state index >= 15 is 0 Å². The molecule has 0 aromatic heterocycles. The largest absolute Gasteiger partial charge is 0.472 e. The van der Waals surface area contributed by atoms with Crippen LogP contribution in [-0.2, 0) is 27.9 Å². The Balaban J connectivity index is 5.12. The summed E-state index contributed by atoms with van der Waals surface area (Å²) in [6.45, 7) is 7.05. The maximum Gasteiger partial charge on any atom is 0.472 e. The number of esters is 1. The molecule has 0 bridgehead atoms. The Hall–Kier alpha value is -1.25. The molecule has 0 saturated carbocycles. The number of likely N-dealkylation sites (N-methyl/N-ethyl adjacent to an activating group) is 1. The van der Waals surface area contributed by atoms with Crippen molar-refractivity contribution in [2.75, 3.05) is 40.9 Å².